The van der Waals surface area contributed by atoms with Gasteiger partial charge in [0, 0.05) is 10.6 Å². The number of benzene rings is 2. The number of nitrogens with one attached hydrogen (secondary N) is 1. The van der Waals surface area contributed by atoms with Gasteiger partial charge in [0.2, 0.25) is 0 Å². The van der Waals surface area contributed by atoms with E-state index in [0.717, 1.165) is 4.90 Å². The number of ether oxygens (including phenoxy) is 1. The molecule has 2 aromatic carbocycles. The number of carbonyl (C=O) groups is 2. The van der Waals surface area contributed by atoms with E-state index in [0.29, 0.717) is 5.69 Å². The largest absolute Gasteiger partial charge is 0.452 e. The number of hydrogen-bond donors (Lipinski definition) is 1. The van der Waals surface area contributed by atoms with Crippen molar-refractivity contribution in [3.8, 4) is 0 Å². The molecule has 0 aliphatic rings. The van der Waals surface area contributed by atoms with Crippen LogP contribution in [0.3, 0.4) is 0 Å². The van der Waals surface area contributed by atoms with Crippen molar-refractivity contribution < 1.29 is 14.3 Å². The second kappa shape index (κ2) is 8.24. The van der Waals surface area contributed by atoms with E-state index in [1.807, 2.05) is 48.5 Å². The van der Waals surface area contributed by atoms with Crippen molar-refractivity contribution in [3.05, 3.63) is 60.7 Å². The summed E-state index contributed by atoms with van der Waals surface area (Å²) in [7, 11) is 0. The van der Waals surface area contributed by atoms with Gasteiger partial charge < -0.3 is 10.1 Å². The van der Waals surface area contributed by atoms with Crippen LogP contribution >= 0.6 is 11.8 Å². The Hall–Kier alpha value is -2.27. The third-order valence-electron chi connectivity index (χ3n) is 2.82. The van der Waals surface area contributed by atoms with E-state index in [1.165, 1.54) is 11.8 Å². The molecule has 4 nitrogen and oxygen atoms in total. The van der Waals surface area contributed by atoms with E-state index in [2.05, 4.69) is 5.32 Å². The summed E-state index contributed by atoms with van der Waals surface area (Å²) in [4.78, 5) is 24.7. The molecule has 1 N–H and O–H groups in total. The Kier molecular flexibility index (Phi) is 6.03. The molecule has 1 unspecified atom stereocenters. The molecule has 0 bridgehead atoms. The Labute approximate surface area is 133 Å². The first-order chi connectivity index (χ1) is 10.6. The topological polar surface area (TPSA) is 55.4 Å². The lowest BCUT2D eigenvalue weighted by molar-refractivity contribution is -0.150. The molecule has 0 aromatic heterocycles. The Balaban J connectivity index is 1.77. The highest BCUT2D eigenvalue weighted by Crippen LogP contribution is 2.17. The molecule has 0 fully saturated rings. The maximum absolute atomic E-state index is 11.9. The molecule has 0 aliphatic heterocycles. The van der Waals surface area contributed by atoms with Gasteiger partial charge in [-0.15, -0.1) is 11.8 Å². The van der Waals surface area contributed by atoms with Crippen LogP contribution in [0.5, 0.6) is 0 Å². The molecular weight excluding hydrogens is 298 g/mol. The molecule has 0 heterocycles. The van der Waals surface area contributed by atoms with E-state index < -0.39 is 12.1 Å². The first kappa shape index (κ1) is 16.1. The average molecular weight is 315 g/mol. The zero-order valence-corrected chi connectivity index (χ0v) is 13.0. The third kappa shape index (κ3) is 5.26. The Bertz CT molecular complexity index is 616. The fourth-order valence-corrected chi connectivity index (χ4v) is 2.41. The predicted molar refractivity (Wildman–Crippen MR) is 87.8 cm³/mol. The van der Waals surface area contributed by atoms with Crippen LogP contribution in [0.25, 0.3) is 0 Å². The lowest BCUT2D eigenvalue weighted by Gasteiger charge is -2.13. The quantitative estimate of drug-likeness (QED) is 0.656. The van der Waals surface area contributed by atoms with E-state index in [9.17, 15) is 9.59 Å². The number of anilines is 1. The fourth-order valence-electron chi connectivity index (χ4n) is 1.71. The van der Waals surface area contributed by atoms with Gasteiger partial charge in [-0.2, -0.15) is 0 Å². The van der Waals surface area contributed by atoms with Crippen LogP contribution in [0.2, 0.25) is 0 Å². The van der Waals surface area contributed by atoms with Crippen molar-refractivity contribution in [2.24, 2.45) is 0 Å². The molecule has 5 heteroatoms. The van der Waals surface area contributed by atoms with Crippen LogP contribution in [0.15, 0.2) is 65.6 Å². The minimum absolute atomic E-state index is 0.174. The average Bonchev–Trinajstić information content (AvgIpc) is 2.55. The van der Waals surface area contributed by atoms with Crippen LogP contribution in [0.4, 0.5) is 5.69 Å². The van der Waals surface area contributed by atoms with E-state index in [4.69, 9.17) is 4.74 Å². The Morgan fingerprint density at radius 3 is 2.27 bits per heavy atom. The first-order valence-electron chi connectivity index (χ1n) is 6.88. The molecule has 0 radical (unpaired) electrons. The lowest BCUT2D eigenvalue weighted by Crippen LogP contribution is -2.30. The van der Waals surface area contributed by atoms with Gasteiger partial charge in [0.15, 0.2) is 6.10 Å². The number of hydrogen-bond acceptors (Lipinski definition) is 4. The van der Waals surface area contributed by atoms with Gasteiger partial charge >= 0.3 is 5.97 Å². The summed E-state index contributed by atoms with van der Waals surface area (Å²) in [5.41, 5.74) is 0.675. The molecule has 22 heavy (non-hydrogen) atoms. The third-order valence-corrected chi connectivity index (χ3v) is 3.80. The molecule has 1 atom stereocenters. The summed E-state index contributed by atoms with van der Waals surface area (Å²) in [6, 6.07) is 18.6. The van der Waals surface area contributed by atoms with Crippen molar-refractivity contribution in [1.29, 1.82) is 0 Å². The van der Waals surface area contributed by atoms with E-state index in [1.54, 1.807) is 19.1 Å². The lowest BCUT2D eigenvalue weighted by atomic mass is 10.3. The highest BCUT2D eigenvalue weighted by Gasteiger charge is 2.17. The van der Waals surface area contributed by atoms with Gasteiger partial charge in [-0.1, -0.05) is 36.4 Å². The standard InChI is InChI=1S/C17H17NO3S/c1-13(17(20)18-14-8-4-2-5-9-14)21-16(19)12-22-15-10-6-3-7-11-15/h2-11,13H,12H2,1H3,(H,18,20). The molecule has 0 saturated carbocycles. The summed E-state index contributed by atoms with van der Waals surface area (Å²) in [6.45, 7) is 1.56. The number of esters is 1. The summed E-state index contributed by atoms with van der Waals surface area (Å²) in [5.74, 6) is -0.582. The number of para-hydroxylation sites is 1. The van der Waals surface area contributed by atoms with Crippen LogP contribution in [-0.2, 0) is 14.3 Å². The minimum Gasteiger partial charge on any atom is -0.452 e. The summed E-state index contributed by atoms with van der Waals surface area (Å²) in [5, 5.41) is 2.70. The van der Waals surface area contributed by atoms with Crippen LogP contribution in [0, 0.1) is 0 Å². The zero-order chi connectivity index (χ0) is 15.8. The first-order valence-corrected chi connectivity index (χ1v) is 7.87. The minimum atomic E-state index is -0.830. The fraction of sp³-hybridized carbons (Fsp3) is 0.176. The van der Waals surface area contributed by atoms with E-state index >= 15 is 0 Å². The molecule has 0 saturated heterocycles. The molecular formula is C17H17NO3S. The number of carbonyl (C=O) groups excluding carboxylic acids is 2. The van der Waals surface area contributed by atoms with Gasteiger partial charge in [0.25, 0.3) is 5.91 Å². The SMILES string of the molecule is CC(OC(=O)CSc1ccccc1)C(=O)Nc1ccccc1. The molecule has 0 spiro atoms. The monoisotopic (exact) mass is 315 g/mol. The van der Waals surface area contributed by atoms with Crippen molar-refractivity contribution in [2.75, 3.05) is 11.1 Å². The molecule has 114 valence electrons. The Morgan fingerprint density at radius 2 is 1.64 bits per heavy atom. The second-order valence-electron chi connectivity index (χ2n) is 4.59. The summed E-state index contributed by atoms with van der Waals surface area (Å²) >= 11 is 1.38. The predicted octanol–water partition coefficient (Wildman–Crippen LogP) is 3.35. The Morgan fingerprint density at radius 1 is 1.05 bits per heavy atom. The number of amides is 1. The summed E-state index contributed by atoms with van der Waals surface area (Å²) < 4.78 is 5.13. The molecule has 2 rings (SSSR count). The van der Waals surface area contributed by atoms with Crippen molar-refractivity contribution in [3.63, 3.8) is 0 Å². The van der Waals surface area contributed by atoms with Gasteiger partial charge in [0.05, 0.1) is 5.75 Å². The van der Waals surface area contributed by atoms with Crippen molar-refractivity contribution in [1.82, 2.24) is 0 Å². The zero-order valence-electron chi connectivity index (χ0n) is 12.2. The smallest absolute Gasteiger partial charge is 0.317 e. The van der Waals surface area contributed by atoms with Crippen molar-refractivity contribution in [2.45, 2.75) is 17.9 Å². The van der Waals surface area contributed by atoms with Gasteiger partial charge in [-0.05, 0) is 31.2 Å². The van der Waals surface area contributed by atoms with E-state index in [-0.39, 0.29) is 11.7 Å². The van der Waals surface area contributed by atoms with Crippen LogP contribution in [-0.4, -0.2) is 23.7 Å². The maximum Gasteiger partial charge on any atom is 0.317 e. The summed E-state index contributed by atoms with van der Waals surface area (Å²) in [6.07, 6.45) is -0.830. The number of thioether (sulfide) groups is 1. The highest BCUT2D eigenvalue weighted by atomic mass is 32.2. The van der Waals surface area contributed by atoms with Crippen LogP contribution < -0.4 is 5.32 Å². The van der Waals surface area contributed by atoms with Gasteiger partial charge in [-0.25, -0.2) is 0 Å². The van der Waals surface area contributed by atoms with Gasteiger partial charge in [-0.3, -0.25) is 9.59 Å². The second-order valence-corrected chi connectivity index (χ2v) is 5.64. The van der Waals surface area contributed by atoms with Gasteiger partial charge in [0.1, 0.15) is 0 Å². The number of rotatable bonds is 6. The highest BCUT2D eigenvalue weighted by molar-refractivity contribution is 8.00. The van der Waals surface area contributed by atoms with Crippen molar-refractivity contribution >= 4 is 29.3 Å². The maximum atomic E-state index is 11.9. The van der Waals surface area contributed by atoms with Crippen LogP contribution in [0.1, 0.15) is 6.92 Å². The molecule has 2 aromatic rings. The molecule has 1 amide bonds. The normalized spacial score (nSPS) is 11.5. The molecule has 0 aliphatic carbocycles.